The number of carbonyl (C=O) groups is 1. The highest BCUT2D eigenvalue weighted by Gasteiger charge is 2.17. The molecule has 0 aliphatic heterocycles. The van der Waals surface area contributed by atoms with E-state index < -0.39 is 10.0 Å². The van der Waals surface area contributed by atoms with Crippen LogP contribution in [0.2, 0.25) is 0 Å². The lowest BCUT2D eigenvalue weighted by Crippen LogP contribution is -2.35. The van der Waals surface area contributed by atoms with Crippen molar-refractivity contribution in [1.29, 1.82) is 0 Å². The second-order valence-corrected chi connectivity index (χ2v) is 5.97. The van der Waals surface area contributed by atoms with Crippen LogP contribution in [-0.2, 0) is 14.8 Å². The summed E-state index contributed by atoms with van der Waals surface area (Å²) in [6.45, 7) is 2.69. The molecule has 112 valence electrons. The number of hydrogen-bond acceptors (Lipinski definition) is 5. The van der Waals surface area contributed by atoms with Crippen molar-refractivity contribution in [2.75, 3.05) is 37.8 Å². The average molecular weight is 300 g/mol. The van der Waals surface area contributed by atoms with Crippen LogP contribution in [-0.4, -0.2) is 41.5 Å². The van der Waals surface area contributed by atoms with Crippen molar-refractivity contribution in [3.63, 3.8) is 0 Å². The Labute approximate surface area is 119 Å². The maximum atomic E-state index is 11.7. The number of benzene rings is 1. The second-order valence-electron chi connectivity index (χ2n) is 4.12. The molecule has 0 fully saturated rings. The molecule has 1 amide bonds. The second kappa shape index (κ2) is 6.58. The summed E-state index contributed by atoms with van der Waals surface area (Å²) in [5.74, 6) is -0.127. The highest BCUT2D eigenvalue weighted by molar-refractivity contribution is 7.89. The normalized spacial score (nSPS) is 11.2. The Morgan fingerprint density at radius 2 is 2.00 bits per heavy atom. The first-order valence-corrected chi connectivity index (χ1v) is 7.62. The molecule has 0 heterocycles. The number of likely N-dealkylation sites (N-methyl/N-ethyl adjacent to an activating group) is 2. The Balaban J connectivity index is 3.10. The largest absolute Gasteiger partial charge is 0.398 e. The maximum Gasteiger partial charge on any atom is 0.242 e. The first-order valence-electron chi connectivity index (χ1n) is 6.14. The summed E-state index contributed by atoms with van der Waals surface area (Å²) in [4.78, 5) is 13.2. The van der Waals surface area contributed by atoms with Gasteiger partial charge < -0.3 is 16.0 Å². The third-order valence-electron chi connectivity index (χ3n) is 2.91. The van der Waals surface area contributed by atoms with Gasteiger partial charge in [0.2, 0.25) is 15.9 Å². The summed E-state index contributed by atoms with van der Waals surface area (Å²) in [6.07, 6.45) is 0. The maximum absolute atomic E-state index is 11.7. The van der Waals surface area contributed by atoms with Gasteiger partial charge in [-0.15, -0.1) is 0 Å². The number of nitrogens with one attached hydrogen (secondary N) is 2. The number of hydrogen-bond donors (Lipinski definition) is 3. The lowest BCUT2D eigenvalue weighted by Gasteiger charge is -2.23. The molecule has 8 heteroatoms. The fraction of sp³-hybridized carbons (Fsp3) is 0.417. The molecular formula is C12H20N4O3S. The van der Waals surface area contributed by atoms with Crippen molar-refractivity contribution in [2.45, 2.75) is 11.8 Å². The number of sulfonamides is 1. The monoisotopic (exact) mass is 300 g/mol. The van der Waals surface area contributed by atoms with E-state index in [9.17, 15) is 13.2 Å². The van der Waals surface area contributed by atoms with Crippen LogP contribution < -0.4 is 20.7 Å². The van der Waals surface area contributed by atoms with Crippen LogP contribution in [0.4, 0.5) is 11.4 Å². The van der Waals surface area contributed by atoms with Gasteiger partial charge in [0.15, 0.2) is 0 Å². The van der Waals surface area contributed by atoms with E-state index in [1.54, 1.807) is 24.1 Å². The Kier molecular flexibility index (Phi) is 5.34. The van der Waals surface area contributed by atoms with Gasteiger partial charge in [0.05, 0.1) is 12.2 Å². The van der Waals surface area contributed by atoms with E-state index in [0.29, 0.717) is 12.2 Å². The van der Waals surface area contributed by atoms with Crippen LogP contribution in [0.15, 0.2) is 23.1 Å². The van der Waals surface area contributed by atoms with Gasteiger partial charge in [0.25, 0.3) is 0 Å². The number of nitrogens with zero attached hydrogens (tertiary/aromatic N) is 1. The minimum Gasteiger partial charge on any atom is -0.398 e. The van der Waals surface area contributed by atoms with Crippen LogP contribution in [0.5, 0.6) is 0 Å². The zero-order valence-corrected chi connectivity index (χ0v) is 12.6. The van der Waals surface area contributed by atoms with E-state index in [1.165, 1.54) is 13.1 Å². The Hall–Kier alpha value is -1.80. The van der Waals surface area contributed by atoms with Crippen LogP contribution in [0.3, 0.4) is 0 Å². The number of nitrogen functional groups attached to an aromatic ring is 1. The van der Waals surface area contributed by atoms with Crippen molar-refractivity contribution in [2.24, 2.45) is 0 Å². The summed E-state index contributed by atoms with van der Waals surface area (Å²) in [6, 6.07) is 4.62. The van der Waals surface area contributed by atoms with Gasteiger partial charge in [-0.2, -0.15) is 0 Å². The summed E-state index contributed by atoms with van der Waals surface area (Å²) in [5, 5.41) is 2.54. The fourth-order valence-corrected chi connectivity index (χ4v) is 2.56. The van der Waals surface area contributed by atoms with Gasteiger partial charge in [-0.25, -0.2) is 13.1 Å². The molecule has 0 bridgehead atoms. The molecule has 1 aromatic carbocycles. The first-order chi connectivity index (χ1) is 9.35. The van der Waals surface area contributed by atoms with Gasteiger partial charge >= 0.3 is 0 Å². The molecule has 1 aromatic rings. The van der Waals surface area contributed by atoms with Gasteiger partial charge in [-0.1, -0.05) is 0 Å². The third-order valence-corrected chi connectivity index (χ3v) is 4.40. The highest BCUT2D eigenvalue weighted by atomic mass is 32.2. The average Bonchev–Trinajstić information content (AvgIpc) is 2.43. The summed E-state index contributed by atoms with van der Waals surface area (Å²) < 4.78 is 25.7. The minimum absolute atomic E-state index is 0.0275. The summed E-state index contributed by atoms with van der Waals surface area (Å²) in [7, 11) is -0.690. The van der Waals surface area contributed by atoms with Gasteiger partial charge in [0, 0.05) is 19.3 Å². The number of carbonyl (C=O) groups excluding carboxylic acids is 1. The number of anilines is 2. The Bertz CT molecular complexity index is 586. The zero-order chi connectivity index (χ0) is 15.3. The standard InChI is InChI=1S/C12H20N4O3S/c1-4-16(8-12(17)14-2)9-5-6-11(10(13)7-9)20(18,19)15-3/h5-7,15H,4,8,13H2,1-3H3,(H,14,17). The zero-order valence-electron chi connectivity index (χ0n) is 11.8. The smallest absolute Gasteiger partial charge is 0.242 e. The molecule has 1 rings (SSSR count). The third kappa shape index (κ3) is 3.61. The predicted molar refractivity (Wildman–Crippen MR) is 79.1 cm³/mol. The SMILES string of the molecule is CCN(CC(=O)NC)c1ccc(S(=O)(=O)NC)c(N)c1. The van der Waals surface area contributed by atoms with Crippen molar-refractivity contribution in [1.82, 2.24) is 10.0 Å². The topological polar surface area (TPSA) is 105 Å². The molecule has 0 saturated heterocycles. The summed E-state index contributed by atoms with van der Waals surface area (Å²) >= 11 is 0. The Morgan fingerprint density at radius 1 is 1.35 bits per heavy atom. The molecule has 7 nitrogen and oxygen atoms in total. The molecule has 0 unspecified atom stereocenters. The molecule has 0 atom stereocenters. The molecule has 4 N–H and O–H groups in total. The summed E-state index contributed by atoms with van der Waals surface area (Å²) in [5.41, 5.74) is 6.64. The van der Waals surface area contributed by atoms with Crippen molar-refractivity contribution in [3.05, 3.63) is 18.2 Å². The van der Waals surface area contributed by atoms with Gasteiger partial charge in [0.1, 0.15) is 4.90 Å². The minimum atomic E-state index is -3.58. The van der Waals surface area contributed by atoms with E-state index in [2.05, 4.69) is 10.0 Å². The van der Waals surface area contributed by atoms with E-state index in [1.807, 2.05) is 6.92 Å². The van der Waals surface area contributed by atoms with Crippen molar-refractivity contribution >= 4 is 27.3 Å². The number of nitrogens with two attached hydrogens (primary N) is 1. The lowest BCUT2D eigenvalue weighted by atomic mass is 10.2. The quantitative estimate of drug-likeness (QED) is 0.628. The van der Waals surface area contributed by atoms with E-state index in [0.717, 1.165) is 0 Å². The van der Waals surface area contributed by atoms with E-state index in [4.69, 9.17) is 5.73 Å². The fourth-order valence-electron chi connectivity index (χ4n) is 1.73. The lowest BCUT2D eigenvalue weighted by molar-refractivity contribution is -0.119. The van der Waals surface area contributed by atoms with Gasteiger partial charge in [-0.3, -0.25) is 4.79 Å². The molecule has 0 aromatic heterocycles. The van der Waals surface area contributed by atoms with Crippen LogP contribution in [0.25, 0.3) is 0 Å². The van der Waals surface area contributed by atoms with Crippen molar-refractivity contribution < 1.29 is 13.2 Å². The van der Waals surface area contributed by atoms with Gasteiger partial charge in [-0.05, 0) is 32.2 Å². The van der Waals surface area contributed by atoms with E-state index in [-0.39, 0.29) is 23.0 Å². The van der Waals surface area contributed by atoms with Crippen LogP contribution in [0.1, 0.15) is 6.92 Å². The molecule has 20 heavy (non-hydrogen) atoms. The molecule has 0 aliphatic carbocycles. The molecule has 0 saturated carbocycles. The predicted octanol–water partition coefficient (Wildman–Crippen LogP) is -0.251. The highest BCUT2D eigenvalue weighted by Crippen LogP contribution is 2.24. The number of amides is 1. The van der Waals surface area contributed by atoms with E-state index >= 15 is 0 Å². The molecule has 0 spiro atoms. The molecule has 0 aliphatic rings. The number of rotatable bonds is 6. The Morgan fingerprint density at radius 3 is 2.45 bits per heavy atom. The van der Waals surface area contributed by atoms with Crippen LogP contribution in [0, 0.1) is 0 Å². The first kappa shape index (κ1) is 16.3. The molecular weight excluding hydrogens is 280 g/mol. The molecule has 0 radical (unpaired) electrons. The van der Waals surface area contributed by atoms with Crippen LogP contribution >= 0.6 is 0 Å². The van der Waals surface area contributed by atoms with Crippen molar-refractivity contribution in [3.8, 4) is 0 Å².